The van der Waals surface area contributed by atoms with Gasteiger partial charge < -0.3 is 9.47 Å². The predicted octanol–water partition coefficient (Wildman–Crippen LogP) is 4.08. The van der Waals surface area contributed by atoms with Crippen molar-refractivity contribution in [2.75, 3.05) is 0 Å². The van der Waals surface area contributed by atoms with Crippen LogP contribution >= 0.6 is 0 Å². The topological polar surface area (TPSA) is 21.8 Å². The van der Waals surface area contributed by atoms with Crippen LogP contribution in [0.2, 0.25) is 0 Å². The molecule has 0 aromatic heterocycles. The first-order chi connectivity index (χ1) is 9.35. The molecule has 104 valence electrons. The summed E-state index contributed by atoms with van der Waals surface area (Å²) in [6, 6.07) is 10.4. The first-order valence-corrected chi connectivity index (χ1v) is 7.68. The molecule has 1 aliphatic heterocycles. The summed E-state index contributed by atoms with van der Waals surface area (Å²) in [4.78, 5) is 0. The van der Waals surface area contributed by atoms with E-state index in [-0.39, 0.29) is 5.60 Å². The van der Waals surface area contributed by atoms with Gasteiger partial charge >= 0.3 is 0 Å². The van der Waals surface area contributed by atoms with Gasteiger partial charge in [-0.2, -0.15) is 0 Å². The molecule has 1 aliphatic carbocycles. The van der Waals surface area contributed by atoms with E-state index in [0.29, 0.717) is 12.2 Å². The van der Waals surface area contributed by atoms with Crippen LogP contribution in [-0.2, 0) is 16.1 Å². The summed E-state index contributed by atoms with van der Waals surface area (Å²) in [5.41, 5.74) is 1.35. The molecular weight excluding hydrogens is 236 g/mol. The second kappa shape index (κ2) is 5.64. The van der Waals surface area contributed by atoms with Gasteiger partial charge in [-0.15, -0.1) is 0 Å². The van der Waals surface area contributed by atoms with Gasteiger partial charge in [0.2, 0.25) is 0 Å². The Bertz CT molecular complexity index is 403. The van der Waals surface area contributed by atoms with Gasteiger partial charge in [0.15, 0.2) is 0 Å². The first-order valence-electron chi connectivity index (χ1n) is 7.68. The molecule has 3 atom stereocenters. The second-order valence-corrected chi connectivity index (χ2v) is 5.88. The highest BCUT2D eigenvalue weighted by atomic mass is 16.6. The number of ether oxygens (including phenoxy) is 2. The molecule has 2 fully saturated rings. The van der Waals surface area contributed by atoms with Crippen molar-refractivity contribution in [3.05, 3.63) is 35.9 Å². The number of benzene rings is 1. The maximum atomic E-state index is 6.15. The first kappa shape index (κ1) is 13.1. The maximum Gasteiger partial charge on any atom is 0.121 e. The van der Waals surface area contributed by atoms with Crippen molar-refractivity contribution in [2.45, 2.75) is 69.9 Å². The van der Waals surface area contributed by atoms with Crippen LogP contribution in [0, 0.1) is 0 Å². The van der Waals surface area contributed by atoms with E-state index in [1.54, 1.807) is 0 Å². The van der Waals surface area contributed by atoms with Crippen molar-refractivity contribution >= 4 is 0 Å². The molecule has 2 aliphatic rings. The van der Waals surface area contributed by atoms with Crippen molar-refractivity contribution in [1.82, 2.24) is 0 Å². The molecule has 2 heteroatoms. The largest absolute Gasteiger partial charge is 0.370 e. The monoisotopic (exact) mass is 260 g/mol. The zero-order valence-electron chi connectivity index (χ0n) is 11.8. The fourth-order valence-corrected chi connectivity index (χ4v) is 3.39. The van der Waals surface area contributed by atoms with E-state index >= 15 is 0 Å². The zero-order valence-corrected chi connectivity index (χ0v) is 11.8. The Kier molecular flexibility index (Phi) is 3.90. The van der Waals surface area contributed by atoms with E-state index < -0.39 is 0 Å². The normalized spacial score (nSPS) is 32.3. The summed E-state index contributed by atoms with van der Waals surface area (Å²) < 4.78 is 12.1. The summed E-state index contributed by atoms with van der Waals surface area (Å²) >= 11 is 0. The number of fused-ring (bicyclic) bond motifs is 1. The van der Waals surface area contributed by atoms with Crippen LogP contribution in [0.25, 0.3) is 0 Å². The third kappa shape index (κ3) is 2.70. The third-order valence-corrected chi connectivity index (χ3v) is 4.55. The highest BCUT2D eigenvalue weighted by molar-refractivity contribution is 5.16. The Labute approximate surface area is 116 Å². The van der Waals surface area contributed by atoms with Gasteiger partial charge in [0.1, 0.15) is 5.60 Å². The highest BCUT2D eigenvalue weighted by Gasteiger charge is 2.65. The van der Waals surface area contributed by atoms with Gasteiger partial charge in [0, 0.05) is 0 Å². The highest BCUT2D eigenvalue weighted by Crippen LogP contribution is 2.54. The van der Waals surface area contributed by atoms with Crippen molar-refractivity contribution < 1.29 is 9.47 Å². The van der Waals surface area contributed by atoms with Gasteiger partial charge in [-0.1, -0.05) is 56.5 Å². The van der Waals surface area contributed by atoms with Crippen LogP contribution < -0.4 is 0 Å². The van der Waals surface area contributed by atoms with E-state index in [1.165, 1.54) is 44.1 Å². The number of hydrogen-bond acceptors (Lipinski definition) is 2. The van der Waals surface area contributed by atoms with Crippen molar-refractivity contribution in [3.8, 4) is 0 Å². The molecule has 3 rings (SSSR count). The third-order valence-electron chi connectivity index (χ3n) is 4.55. The van der Waals surface area contributed by atoms with Crippen LogP contribution in [0.1, 0.15) is 51.0 Å². The fourth-order valence-electron chi connectivity index (χ4n) is 3.39. The number of unbranched alkanes of at least 4 members (excludes halogenated alkanes) is 2. The Balaban J connectivity index is 1.53. The van der Waals surface area contributed by atoms with Gasteiger partial charge in [-0.05, 0) is 24.8 Å². The minimum atomic E-state index is 0.0873. The van der Waals surface area contributed by atoms with Gasteiger partial charge in [0.25, 0.3) is 0 Å². The summed E-state index contributed by atoms with van der Waals surface area (Å²) in [6.45, 7) is 2.97. The smallest absolute Gasteiger partial charge is 0.121 e. The van der Waals surface area contributed by atoms with E-state index in [0.717, 1.165) is 6.61 Å². The summed E-state index contributed by atoms with van der Waals surface area (Å²) in [7, 11) is 0. The average molecular weight is 260 g/mol. The van der Waals surface area contributed by atoms with Gasteiger partial charge in [0.05, 0.1) is 18.8 Å². The minimum Gasteiger partial charge on any atom is -0.370 e. The van der Waals surface area contributed by atoms with Crippen molar-refractivity contribution in [1.29, 1.82) is 0 Å². The summed E-state index contributed by atoms with van der Waals surface area (Å²) in [5.74, 6) is 0. The SMILES string of the molecule is CCCCC[C@]12O[C@@H]1CC[C@@H]2OCc1ccccc1. The molecular formula is C17H24O2. The van der Waals surface area contributed by atoms with E-state index in [4.69, 9.17) is 9.47 Å². The number of hydrogen-bond donors (Lipinski definition) is 0. The molecule has 1 saturated carbocycles. The van der Waals surface area contributed by atoms with E-state index in [9.17, 15) is 0 Å². The lowest BCUT2D eigenvalue weighted by molar-refractivity contribution is -0.0214. The standard InChI is InChI=1S/C17H24O2/c1-2-3-7-12-17-15(10-11-16(17)19-17)18-13-14-8-5-4-6-9-14/h4-6,8-9,15-16H,2-3,7,10-13H2,1H3/t15-,16+,17+/m0/s1. The van der Waals surface area contributed by atoms with E-state index in [1.807, 2.05) is 6.07 Å². The Morgan fingerprint density at radius 2 is 2.05 bits per heavy atom. The molecule has 0 bridgehead atoms. The Morgan fingerprint density at radius 3 is 2.79 bits per heavy atom. The molecule has 1 saturated heterocycles. The average Bonchev–Trinajstić information content (AvgIpc) is 3.06. The van der Waals surface area contributed by atoms with Crippen molar-refractivity contribution in [2.24, 2.45) is 0 Å². The number of rotatable bonds is 7. The van der Waals surface area contributed by atoms with Gasteiger partial charge in [-0.25, -0.2) is 0 Å². The van der Waals surface area contributed by atoms with E-state index in [2.05, 4.69) is 31.2 Å². The van der Waals surface area contributed by atoms with Crippen LogP contribution in [0.15, 0.2) is 30.3 Å². The molecule has 19 heavy (non-hydrogen) atoms. The molecule has 0 amide bonds. The lowest BCUT2D eigenvalue weighted by Gasteiger charge is -2.21. The second-order valence-electron chi connectivity index (χ2n) is 5.88. The van der Waals surface area contributed by atoms with Crippen LogP contribution in [0.5, 0.6) is 0 Å². The lowest BCUT2D eigenvalue weighted by Crippen LogP contribution is -2.29. The van der Waals surface area contributed by atoms with Crippen LogP contribution in [-0.4, -0.2) is 17.8 Å². The molecule has 1 aromatic rings. The molecule has 0 unspecified atom stereocenters. The van der Waals surface area contributed by atoms with Crippen molar-refractivity contribution in [3.63, 3.8) is 0 Å². The van der Waals surface area contributed by atoms with Gasteiger partial charge in [-0.3, -0.25) is 0 Å². The summed E-state index contributed by atoms with van der Waals surface area (Å²) in [6.07, 6.45) is 8.21. The molecule has 0 radical (unpaired) electrons. The fraction of sp³-hybridized carbons (Fsp3) is 0.647. The molecule has 2 nitrogen and oxygen atoms in total. The zero-order chi connectivity index (χ0) is 13.1. The quantitative estimate of drug-likeness (QED) is 0.544. The lowest BCUT2D eigenvalue weighted by atomic mass is 9.97. The minimum absolute atomic E-state index is 0.0873. The van der Waals surface area contributed by atoms with Crippen LogP contribution in [0.4, 0.5) is 0 Å². The Hall–Kier alpha value is -0.860. The van der Waals surface area contributed by atoms with Crippen LogP contribution in [0.3, 0.4) is 0 Å². The molecule has 1 aromatic carbocycles. The molecule has 0 N–H and O–H groups in total. The predicted molar refractivity (Wildman–Crippen MR) is 76.0 cm³/mol. The summed E-state index contributed by atoms with van der Waals surface area (Å²) in [5, 5.41) is 0. The molecule has 1 heterocycles. The maximum absolute atomic E-state index is 6.15. The number of epoxide rings is 1. The Morgan fingerprint density at radius 1 is 1.21 bits per heavy atom. The molecule has 0 spiro atoms.